The molecule has 1 unspecified atom stereocenters. The largest absolute Gasteiger partial charge is 0.357 e. The molecule has 1 aromatic carbocycles. The van der Waals surface area contributed by atoms with Crippen LogP contribution < -0.4 is 0 Å². The van der Waals surface area contributed by atoms with Gasteiger partial charge in [-0.05, 0) is 48.7 Å². The molecule has 6 heteroatoms. The maximum Gasteiger partial charge on any atom is 0.161 e. The molecule has 0 fully saturated rings. The molecule has 0 bridgehead atoms. The fraction of sp³-hybridized carbons (Fsp3) is 0.316. The van der Waals surface area contributed by atoms with Crippen LogP contribution >= 0.6 is 0 Å². The van der Waals surface area contributed by atoms with Crippen molar-refractivity contribution in [1.29, 1.82) is 0 Å². The minimum absolute atomic E-state index is 0.0597. The zero-order chi connectivity index (χ0) is 18.0. The van der Waals surface area contributed by atoms with Gasteiger partial charge in [-0.1, -0.05) is 0 Å². The molecular formula is C19H20F2N2O2. The fourth-order valence-electron chi connectivity index (χ4n) is 2.83. The Hall–Kier alpha value is -2.31. The van der Waals surface area contributed by atoms with E-state index in [1.54, 1.807) is 13.3 Å². The van der Waals surface area contributed by atoms with Gasteiger partial charge >= 0.3 is 0 Å². The van der Waals surface area contributed by atoms with Gasteiger partial charge in [-0.2, -0.15) is 0 Å². The van der Waals surface area contributed by atoms with Gasteiger partial charge in [0.25, 0.3) is 0 Å². The molecule has 0 amide bonds. The molecule has 0 aliphatic carbocycles. The lowest BCUT2D eigenvalue weighted by molar-refractivity contribution is -0.130. The maximum absolute atomic E-state index is 13.3. The number of ether oxygens (including phenoxy) is 2. The number of hydrogen-bond donors (Lipinski definition) is 1. The molecule has 3 rings (SSSR count). The number of fused-ring (bicyclic) bond motifs is 1. The van der Waals surface area contributed by atoms with Crippen molar-refractivity contribution in [2.75, 3.05) is 7.11 Å². The third-order valence-corrected chi connectivity index (χ3v) is 4.28. The zero-order valence-corrected chi connectivity index (χ0v) is 14.4. The number of halogens is 2. The zero-order valence-electron chi connectivity index (χ0n) is 14.4. The summed E-state index contributed by atoms with van der Waals surface area (Å²) in [6.45, 7) is 4.08. The predicted molar refractivity (Wildman–Crippen MR) is 91.2 cm³/mol. The van der Waals surface area contributed by atoms with E-state index in [1.165, 1.54) is 12.1 Å². The number of aromatic nitrogens is 2. The first-order chi connectivity index (χ1) is 12.0. The minimum Gasteiger partial charge on any atom is -0.357 e. The highest BCUT2D eigenvalue weighted by molar-refractivity contribution is 5.83. The topological polar surface area (TPSA) is 47.1 Å². The Morgan fingerprint density at radius 3 is 2.56 bits per heavy atom. The van der Waals surface area contributed by atoms with Crippen LogP contribution in [0.1, 0.15) is 22.4 Å². The predicted octanol–water partition coefficient (Wildman–Crippen LogP) is 4.19. The number of pyridine rings is 1. The quantitative estimate of drug-likeness (QED) is 0.681. The second kappa shape index (κ2) is 7.29. The Morgan fingerprint density at radius 1 is 1.16 bits per heavy atom. The standard InChI is InChI=1S/C19H20F2N2O2/c1-11-12(2)23-19-14(4-5-22-18(11)19)8-17(24-3)25-10-13-6-15(20)9-16(21)7-13/h4-7,9,17,23H,8,10H2,1-3H3. The minimum atomic E-state index is -0.624. The SMILES string of the molecule is COC(Cc1ccnc2c(C)c(C)[nH]c12)OCc1cc(F)cc(F)c1. The first kappa shape index (κ1) is 17.5. The molecule has 0 radical (unpaired) electrons. The molecular weight excluding hydrogens is 326 g/mol. The molecule has 132 valence electrons. The third kappa shape index (κ3) is 3.86. The number of H-pyrrole nitrogens is 1. The van der Waals surface area contributed by atoms with Crippen LogP contribution in [0, 0.1) is 25.5 Å². The average molecular weight is 346 g/mol. The van der Waals surface area contributed by atoms with Crippen LogP contribution in [0.5, 0.6) is 0 Å². The Kier molecular flexibility index (Phi) is 5.11. The number of hydrogen-bond acceptors (Lipinski definition) is 3. The Labute approximate surface area is 144 Å². The van der Waals surface area contributed by atoms with Gasteiger partial charge in [-0.3, -0.25) is 4.98 Å². The van der Waals surface area contributed by atoms with E-state index in [1.807, 2.05) is 19.9 Å². The summed E-state index contributed by atoms with van der Waals surface area (Å²) in [4.78, 5) is 7.75. The van der Waals surface area contributed by atoms with Crippen molar-refractivity contribution < 1.29 is 18.3 Å². The molecule has 0 aliphatic rings. The summed E-state index contributed by atoms with van der Waals surface area (Å²) in [5, 5.41) is 0. The Bertz CT molecular complexity index is 872. The fourth-order valence-corrected chi connectivity index (χ4v) is 2.83. The number of methoxy groups -OCH3 is 1. The monoisotopic (exact) mass is 346 g/mol. The summed E-state index contributed by atoms with van der Waals surface area (Å²) in [6.07, 6.45) is 1.71. The van der Waals surface area contributed by atoms with Crippen LogP contribution in [0.2, 0.25) is 0 Å². The molecule has 0 saturated heterocycles. The lowest BCUT2D eigenvalue weighted by atomic mass is 10.1. The maximum atomic E-state index is 13.3. The second-order valence-corrected chi connectivity index (χ2v) is 6.03. The highest BCUT2D eigenvalue weighted by Gasteiger charge is 2.15. The lowest BCUT2D eigenvalue weighted by Gasteiger charge is -2.17. The molecule has 0 saturated carbocycles. The van der Waals surface area contributed by atoms with Crippen molar-refractivity contribution in [3.63, 3.8) is 0 Å². The number of aryl methyl sites for hydroxylation is 2. The van der Waals surface area contributed by atoms with Gasteiger partial charge in [0.05, 0.1) is 17.6 Å². The van der Waals surface area contributed by atoms with E-state index in [0.717, 1.165) is 33.9 Å². The summed E-state index contributed by atoms with van der Waals surface area (Å²) in [5.41, 5.74) is 5.50. The first-order valence-corrected chi connectivity index (χ1v) is 8.00. The van der Waals surface area contributed by atoms with Crippen molar-refractivity contribution >= 4 is 11.0 Å². The number of nitrogens with zero attached hydrogens (tertiary/aromatic N) is 1. The summed E-state index contributed by atoms with van der Waals surface area (Å²) in [5.74, 6) is -1.25. The van der Waals surface area contributed by atoms with Gasteiger partial charge in [0.15, 0.2) is 6.29 Å². The van der Waals surface area contributed by atoms with E-state index in [2.05, 4.69) is 9.97 Å². The molecule has 0 spiro atoms. The van der Waals surface area contributed by atoms with Gasteiger partial charge < -0.3 is 14.5 Å². The van der Waals surface area contributed by atoms with E-state index in [9.17, 15) is 8.78 Å². The van der Waals surface area contributed by atoms with E-state index >= 15 is 0 Å². The molecule has 0 aliphatic heterocycles. The van der Waals surface area contributed by atoms with E-state index < -0.39 is 17.9 Å². The Morgan fingerprint density at radius 2 is 1.88 bits per heavy atom. The number of benzene rings is 1. The Balaban J connectivity index is 1.75. The molecule has 2 aromatic heterocycles. The van der Waals surface area contributed by atoms with Crippen molar-refractivity contribution in [1.82, 2.24) is 9.97 Å². The molecule has 4 nitrogen and oxygen atoms in total. The van der Waals surface area contributed by atoms with Crippen LogP contribution in [-0.4, -0.2) is 23.4 Å². The summed E-state index contributed by atoms with van der Waals surface area (Å²) < 4.78 is 37.6. The second-order valence-electron chi connectivity index (χ2n) is 6.03. The molecule has 3 aromatic rings. The summed E-state index contributed by atoms with van der Waals surface area (Å²) >= 11 is 0. The van der Waals surface area contributed by atoms with Gasteiger partial charge in [-0.15, -0.1) is 0 Å². The van der Waals surface area contributed by atoms with Gasteiger partial charge in [-0.25, -0.2) is 8.78 Å². The smallest absolute Gasteiger partial charge is 0.161 e. The van der Waals surface area contributed by atoms with Crippen LogP contribution in [0.4, 0.5) is 8.78 Å². The highest BCUT2D eigenvalue weighted by Crippen LogP contribution is 2.23. The third-order valence-electron chi connectivity index (χ3n) is 4.28. The van der Waals surface area contributed by atoms with Crippen molar-refractivity contribution in [2.45, 2.75) is 33.2 Å². The number of rotatable bonds is 6. The average Bonchev–Trinajstić information content (AvgIpc) is 2.86. The number of nitrogens with one attached hydrogen (secondary N) is 1. The van der Waals surface area contributed by atoms with E-state index in [-0.39, 0.29) is 6.61 Å². The molecule has 25 heavy (non-hydrogen) atoms. The van der Waals surface area contributed by atoms with Crippen molar-refractivity contribution in [3.8, 4) is 0 Å². The lowest BCUT2D eigenvalue weighted by Crippen LogP contribution is -2.18. The van der Waals surface area contributed by atoms with Gasteiger partial charge in [0.2, 0.25) is 0 Å². The van der Waals surface area contributed by atoms with Crippen LogP contribution in [-0.2, 0) is 22.5 Å². The van der Waals surface area contributed by atoms with Crippen LogP contribution in [0.15, 0.2) is 30.5 Å². The van der Waals surface area contributed by atoms with Crippen LogP contribution in [0.3, 0.4) is 0 Å². The van der Waals surface area contributed by atoms with Crippen molar-refractivity contribution in [2.24, 2.45) is 0 Å². The van der Waals surface area contributed by atoms with Gasteiger partial charge in [0.1, 0.15) is 11.6 Å². The molecule has 1 atom stereocenters. The van der Waals surface area contributed by atoms with Crippen LogP contribution in [0.25, 0.3) is 11.0 Å². The molecule has 2 heterocycles. The number of aromatic amines is 1. The normalized spacial score (nSPS) is 12.7. The highest BCUT2D eigenvalue weighted by atomic mass is 19.1. The summed E-state index contributed by atoms with van der Waals surface area (Å²) in [7, 11) is 1.54. The van der Waals surface area contributed by atoms with E-state index in [0.29, 0.717) is 12.0 Å². The van der Waals surface area contributed by atoms with E-state index in [4.69, 9.17) is 9.47 Å². The first-order valence-electron chi connectivity index (χ1n) is 8.00. The molecule has 1 N–H and O–H groups in total. The van der Waals surface area contributed by atoms with Crippen molar-refractivity contribution in [3.05, 3.63) is 64.5 Å². The summed E-state index contributed by atoms with van der Waals surface area (Å²) in [6, 6.07) is 5.24. The van der Waals surface area contributed by atoms with Gasteiger partial charge in [0, 0.05) is 31.5 Å².